The first kappa shape index (κ1) is 15.6. The van der Waals surface area contributed by atoms with Crippen LogP contribution in [0, 0.1) is 5.92 Å². The van der Waals surface area contributed by atoms with Crippen LogP contribution in [0.2, 0.25) is 0 Å². The number of hydrogen-bond acceptors (Lipinski definition) is 4. The molecule has 0 saturated heterocycles. The summed E-state index contributed by atoms with van der Waals surface area (Å²) in [4.78, 5) is 24.7. The van der Waals surface area contributed by atoms with Crippen LogP contribution < -0.4 is 10.9 Å². The Morgan fingerprint density at radius 3 is 2.83 bits per heavy atom. The topological polar surface area (TPSA) is 76.9 Å². The molecule has 1 atom stereocenters. The van der Waals surface area contributed by atoms with Crippen LogP contribution in [0.1, 0.15) is 39.0 Å². The highest BCUT2D eigenvalue weighted by Gasteiger charge is 2.24. The zero-order valence-corrected chi connectivity index (χ0v) is 13.4. The number of carbonyl (C=O) groups excluding carboxylic acids is 1. The first-order chi connectivity index (χ1) is 11.2. The molecule has 1 aromatic heterocycles. The van der Waals surface area contributed by atoms with Gasteiger partial charge in [-0.25, -0.2) is 4.68 Å². The lowest BCUT2D eigenvalue weighted by Crippen LogP contribution is -2.42. The Labute approximate surface area is 134 Å². The van der Waals surface area contributed by atoms with Crippen LogP contribution in [0.25, 0.3) is 10.9 Å². The molecule has 0 aliphatic heterocycles. The lowest BCUT2D eigenvalue weighted by molar-refractivity contribution is -0.125. The summed E-state index contributed by atoms with van der Waals surface area (Å²) >= 11 is 0. The first-order valence-corrected chi connectivity index (χ1v) is 8.32. The quantitative estimate of drug-likeness (QED) is 0.914. The van der Waals surface area contributed by atoms with Gasteiger partial charge in [0, 0.05) is 12.0 Å². The Kier molecular flexibility index (Phi) is 4.69. The molecular formula is C17H22N4O2. The second-order valence-electron chi connectivity index (χ2n) is 6.19. The smallest absolute Gasteiger partial charge is 0.277 e. The third-order valence-corrected chi connectivity index (χ3v) is 4.59. The third-order valence-electron chi connectivity index (χ3n) is 4.59. The van der Waals surface area contributed by atoms with Crippen LogP contribution >= 0.6 is 0 Å². The van der Waals surface area contributed by atoms with E-state index in [1.54, 1.807) is 12.1 Å². The molecule has 1 fully saturated rings. The monoisotopic (exact) mass is 314 g/mol. The van der Waals surface area contributed by atoms with Gasteiger partial charge in [0.05, 0.1) is 11.9 Å². The molecule has 6 nitrogen and oxygen atoms in total. The van der Waals surface area contributed by atoms with Crippen molar-refractivity contribution in [2.45, 2.75) is 51.6 Å². The average molecular weight is 314 g/mol. The standard InChI is InChI=1S/C17H22N4O2/c1-2-13(18-16(22)12-7-3-4-8-12)11-21-17(23)14-9-5-6-10-15(14)19-20-21/h5-6,9-10,12-13H,2-4,7-8,11H2,1H3,(H,18,22)/t13-/m0/s1. The number of rotatable bonds is 5. The van der Waals surface area contributed by atoms with Crippen molar-refractivity contribution in [1.29, 1.82) is 0 Å². The largest absolute Gasteiger partial charge is 0.351 e. The Morgan fingerprint density at radius 2 is 2.09 bits per heavy atom. The number of fused-ring (bicyclic) bond motifs is 1. The van der Waals surface area contributed by atoms with Crippen LogP contribution in [0.3, 0.4) is 0 Å². The van der Waals surface area contributed by atoms with Crippen molar-refractivity contribution in [3.05, 3.63) is 34.6 Å². The second kappa shape index (κ2) is 6.89. The summed E-state index contributed by atoms with van der Waals surface area (Å²) in [5.74, 6) is 0.236. The summed E-state index contributed by atoms with van der Waals surface area (Å²) < 4.78 is 1.35. The van der Waals surface area contributed by atoms with Crippen molar-refractivity contribution < 1.29 is 4.79 Å². The molecule has 1 heterocycles. The fraction of sp³-hybridized carbons (Fsp3) is 0.529. The van der Waals surface area contributed by atoms with E-state index in [0.717, 1.165) is 32.1 Å². The van der Waals surface area contributed by atoms with E-state index in [1.807, 2.05) is 19.1 Å². The van der Waals surface area contributed by atoms with Gasteiger partial charge in [0.25, 0.3) is 5.56 Å². The Hall–Kier alpha value is -2.24. The second-order valence-corrected chi connectivity index (χ2v) is 6.19. The highest BCUT2D eigenvalue weighted by molar-refractivity contribution is 5.79. The summed E-state index contributed by atoms with van der Waals surface area (Å²) in [6.45, 7) is 2.35. The third kappa shape index (κ3) is 3.41. The van der Waals surface area contributed by atoms with Gasteiger partial charge >= 0.3 is 0 Å². The van der Waals surface area contributed by atoms with Gasteiger partial charge in [0.15, 0.2) is 0 Å². The van der Waals surface area contributed by atoms with E-state index in [-0.39, 0.29) is 23.4 Å². The summed E-state index contributed by atoms with van der Waals surface area (Å²) in [5.41, 5.74) is 0.431. The molecule has 3 rings (SSSR count). The molecule has 122 valence electrons. The molecule has 1 aliphatic rings. The van der Waals surface area contributed by atoms with Crippen LogP contribution in [0.5, 0.6) is 0 Å². The highest BCUT2D eigenvalue weighted by Crippen LogP contribution is 2.24. The Balaban J connectivity index is 1.75. The minimum atomic E-state index is -0.163. The van der Waals surface area contributed by atoms with E-state index >= 15 is 0 Å². The molecule has 6 heteroatoms. The molecule has 0 unspecified atom stereocenters. The molecule has 0 radical (unpaired) electrons. The number of hydrogen-bond donors (Lipinski definition) is 1. The van der Waals surface area contributed by atoms with E-state index in [4.69, 9.17) is 0 Å². The van der Waals surface area contributed by atoms with Crippen LogP contribution in [0.4, 0.5) is 0 Å². The molecule has 1 saturated carbocycles. The molecule has 1 aromatic carbocycles. The molecule has 1 amide bonds. The molecule has 1 aliphatic carbocycles. The predicted molar refractivity (Wildman–Crippen MR) is 88.0 cm³/mol. The zero-order chi connectivity index (χ0) is 16.2. The van der Waals surface area contributed by atoms with E-state index in [2.05, 4.69) is 15.6 Å². The van der Waals surface area contributed by atoms with Crippen LogP contribution in [0.15, 0.2) is 29.1 Å². The number of carbonyl (C=O) groups is 1. The lowest BCUT2D eigenvalue weighted by Gasteiger charge is -2.19. The van der Waals surface area contributed by atoms with E-state index in [1.165, 1.54) is 4.68 Å². The Bertz CT molecular complexity index is 750. The summed E-state index contributed by atoms with van der Waals surface area (Å²) in [6.07, 6.45) is 4.95. The minimum absolute atomic E-state index is 0.101. The summed E-state index contributed by atoms with van der Waals surface area (Å²) in [6, 6.07) is 7.07. The van der Waals surface area contributed by atoms with E-state index < -0.39 is 0 Å². The maximum absolute atomic E-state index is 12.5. The number of benzene rings is 1. The van der Waals surface area contributed by atoms with Crippen molar-refractivity contribution >= 4 is 16.8 Å². The number of aromatic nitrogens is 3. The van der Waals surface area contributed by atoms with Gasteiger partial charge in [-0.1, -0.05) is 37.1 Å². The van der Waals surface area contributed by atoms with Crippen molar-refractivity contribution in [1.82, 2.24) is 20.3 Å². The average Bonchev–Trinajstić information content (AvgIpc) is 3.11. The van der Waals surface area contributed by atoms with Gasteiger partial charge in [-0.3, -0.25) is 9.59 Å². The molecule has 0 spiro atoms. The van der Waals surface area contributed by atoms with E-state index in [9.17, 15) is 9.59 Å². The number of nitrogens with zero attached hydrogens (tertiary/aromatic N) is 3. The molecular weight excluding hydrogens is 292 g/mol. The Morgan fingerprint density at radius 1 is 1.35 bits per heavy atom. The van der Waals surface area contributed by atoms with Crippen molar-refractivity contribution in [3.63, 3.8) is 0 Å². The maximum Gasteiger partial charge on any atom is 0.277 e. The number of amides is 1. The summed E-state index contributed by atoms with van der Waals surface area (Å²) in [5, 5.41) is 11.7. The minimum Gasteiger partial charge on any atom is -0.351 e. The van der Waals surface area contributed by atoms with Crippen molar-refractivity contribution in [2.24, 2.45) is 5.92 Å². The van der Waals surface area contributed by atoms with Gasteiger partial charge in [-0.15, -0.1) is 5.10 Å². The van der Waals surface area contributed by atoms with Gasteiger partial charge in [0.2, 0.25) is 5.91 Å². The molecule has 2 aromatic rings. The van der Waals surface area contributed by atoms with Gasteiger partial charge < -0.3 is 5.32 Å². The van der Waals surface area contributed by atoms with E-state index in [0.29, 0.717) is 17.4 Å². The molecule has 23 heavy (non-hydrogen) atoms. The van der Waals surface area contributed by atoms with Crippen LogP contribution in [-0.2, 0) is 11.3 Å². The molecule has 1 N–H and O–H groups in total. The summed E-state index contributed by atoms with van der Waals surface area (Å²) in [7, 11) is 0. The predicted octanol–water partition coefficient (Wildman–Crippen LogP) is 1.88. The first-order valence-electron chi connectivity index (χ1n) is 8.32. The fourth-order valence-electron chi connectivity index (χ4n) is 3.14. The normalized spacial score (nSPS) is 16.6. The van der Waals surface area contributed by atoms with Crippen LogP contribution in [-0.4, -0.2) is 26.9 Å². The van der Waals surface area contributed by atoms with Gasteiger partial charge in [-0.05, 0) is 31.4 Å². The maximum atomic E-state index is 12.5. The fourth-order valence-corrected chi connectivity index (χ4v) is 3.14. The van der Waals surface area contributed by atoms with Gasteiger partial charge in [0.1, 0.15) is 5.52 Å². The highest BCUT2D eigenvalue weighted by atomic mass is 16.2. The SMILES string of the molecule is CC[C@@H](Cn1nnc2ccccc2c1=O)NC(=O)C1CCCC1. The molecule has 0 bridgehead atoms. The number of nitrogens with one attached hydrogen (secondary N) is 1. The zero-order valence-electron chi connectivity index (χ0n) is 13.4. The van der Waals surface area contributed by atoms with Gasteiger partial charge in [-0.2, -0.15) is 0 Å². The van der Waals surface area contributed by atoms with Crippen molar-refractivity contribution in [3.8, 4) is 0 Å². The van der Waals surface area contributed by atoms with Crippen molar-refractivity contribution in [2.75, 3.05) is 0 Å². The lowest BCUT2D eigenvalue weighted by atomic mass is 10.1.